The molecule has 1 aliphatic heterocycles. The van der Waals surface area contributed by atoms with E-state index in [1.807, 2.05) is 17.8 Å². The topological polar surface area (TPSA) is 34.5 Å². The van der Waals surface area contributed by atoms with Crippen LogP contribution < -0.4 is 0 Å². The number of aromatic nitrogens is 1. The Morgan fingerprint density at radius 3 is 2.50 bits per heavy atom. The first-order valence-corrected chi connectivity index (χ1v) is 6.94. The van der Waals surface area contributed by atoms with Crippen molar-refractivity contribution in [3.05, 3.63) is 35.0 Å². The zero-order chi connectivity index (χ0) is 14.4. The number of benzene rings is 1. The number of esters is 1. The van der Waals surface area contributed by atoms with Crippen molar-refractivity contribution in [2.75, 3.05) is 7.11 Å². The second-order valence-electron chi connectivity index (χ2n) is 5.78. The van der Waals surface area contributed by atoms with Crippen LogP contribution in [0.1, 0.15) is 35.3 Å². The molecule has 1 aromatic heterocycles. The van der Waals surface area contributed by atoms with Gasteiger partial charge in [-0.05, 0) is 37.1 Å². The molecule has 106 valence electrons. The summed E-state index contributed by atoms with van der Waals surface area (Å²) in [5.41, 5.74) is 4.43. The molecule has 1 aliphatic rings. The van der Waals surface area contributed by atoms with Crippen molar-refractivity contribution in [1.29, 1.82) is 0 Å². The van der Waals surface area contributed by atoms with Crippen LogP contribution in [-0.2, 0) is 24.9 Å². The molecule has 4 heteroatoms. The van der Waals surface area contributed by atoms with Gasteiger partial charge >= 0.3 is 5.97 Å². The van der Waals surface area contributed by atoms with Gasteiger partial charge in [0.05, 0.1) is 12.7 Å². The maximum atomic E-state index is 11.9. The molecular weight excluding hydrogens is 252 g/mol. The fourth-order valence-electron chi connectivity index (χ4n) is 2.94. The summed E-state index contributed by atoms with van der Waals surface area (Å²) in [6, 6.07) is 4.89. The van der Waals surface area contributed by atoms with Crippen molar-refractivity contribution in [2.45, 2.75) is 33.0 Å². The van der Waals surface area contributed by atoms with Gasteiger partial charge in [0, 0.05) is 43.3 Å². The second kappa shape index (κ2) is 4.63. The molecule has 0 N–H and O–H groups in total. The van der Waals surface area contributed by atoms with E-state index in [1.165, 1.54) is 18.2 Å². The van der Waals surface area contributed by atoms with Gasteiger partial charge in [-0.25, -0.2) is 4.79 Å². The third-order valence-electron chi connectivity index (χ3n) is 4.19. The monoisotopic (exact) mass is 272 g/mol. The Kier molecular flexibility index (Phi) is 3.05. The molecule has 0 amide bonds. The standard InChI is InChI=1S/C16H20N2O2/c1-10(2)18-7-11-5-13-14(16(19)20-4)9-17(3)15(13)6-12(11)8-18/h5-6,9-10H,7-8H2,1-4H3. The number of aryl methyl sites for hydroxylation is 1. The molecular formula is C16H20N2O2. The summed E-state index contributed by atoms with van der Waals surface area (Å²) < 4.78 is 6.87. The third-order valence-corrected chi connectivity index (χ3v) is 4.19. The fourth-order valence-corrected chi connectivity index (χ4v) is 2.94. The van der Waals surface area contributed by atoms with Crippen LogP contribution in [0.25, 0.3) is 10.9 Å². The minimum Gasteiger partial charge on any atom is -0.465 e. The van der Waals surface area contributed by atoms with E-state index < -0.39 is 0 Å². The smallest absolute Gasteiger partial charge is 0.340 e. The average Bonchev–Trinajstić information content (AvgIpc) is 2.97. The molecule has 0 fully saturated rings. The summed E-state index contributed by atoms with van der Waals surface area (Å²) in [6.45, 7) is 6.37. The molecule has 4 nitrogen and oxygen atoms in total. The number of rotatable bonds is 2. The lowest BCUT2D eigenvalue weighted by molar-refractivity contribution is 0.0603. The summed E-state index contributed by atoms with van der Waals surface area (Å²) in [7, 11) is 3.39. The van der Waals surface area contributed by atoms with Gasteiger partial charge in [-0.2, -0.15) is 0 Å². The number of carbonyl (C=O) groups is 1. The van der Waals surface area contributed by atoms with Crippen molar-refractivity contribution >= 4 is 16.9 Å². The van der Waals surface area contributed by atoms with E-state index in [0.717, 1.165) is 24.0 Å². The minimum absolute atomic E-state index is 0.269. The summed E-state index contributed by atoms with van der Waals surface area (Å²) in [5, 5.41) is 0.990. The number of carbonyl (C=O) groups excluding carboxylic acids is 1. The number of nitrogens with zero attached hydrogens (tertiary/aromatic N) is 2. The fraction of sp³-hybridized carbons (Fsp3) is 0.438. The first-order valence-electron chi connectivity index (χ1n) is 6.94. The molecule has 0 unspecified atom stereocenters. The minimum atomic E-state index is -0.269. The highest BCUT2D eigenvalue weighted by Crippen LogP contribution is 2.31. The summed E-state index contributed by atoms with van der Waals surface area (Å²) in [5.74, 6) is -0.269. The number of ether oxygens (including phenoxy) is 1. The Bertz CT molecular complexity index is 685. The average molecular weight is 272 g/mol. The normalized spacial score (nSPS) is 15.1. The molecule has 0 radical (unpaired) electrons. The van der Waals surface area contributed by atoms with Gasteiger partial charge in [0.25, 0.3) is 0 Å². The van der Waals surface area contributed by atoms with Crippen LogP contribution in [0.4, 0.5) is 0 Å². The van der Waals surface area contributed by atoms with Crippen molar-refractivity contribution < 1.29 is 9.53 Å². The molecule has 0 spiro atoms. The van der Waals surface area contributed by atoms with Crippen LogP contribution in [0, 0.1) is 0 Å². The Hall–Kier alpha value is -1.81. The molecule has 0 bridgehead atoms. The highest BCUT2D eigenvalue weighted by atomic mass is 16.5. The van der Waals surface area contributed by atoms with Gasteiger partial charge in [0.2, 0.25) is 0 Å². The zero-order valence-electron chi connectivity index (χ0n) is 12.4. The molecule has 2 heterocycles. The van der Waals surface area contributed by atoms with Crippen molar-refractivity contribution in [3.8, 4) is 0 Å². The van der Waals surface area contributed by atoms with E-state index in [2.05, 4.69) is 30.9 Å². The first kappa shape index (κ1) is 13.2. The van der Waals surface area contributed by atoms with E-state index in [4.69, 9.17) is 4.74 Å². The Balaban J connectivity index is 2.13. The molecule has 3 rings (SSSR count). The second-order valence-corrected chi connectivity index (χ2v) is 5.78. The van der Waals surface area contributed by atoms with E-state index >= 15 is 0 Å². The van der Waals surface area contributed by atoms with Crippen LogP contribution in [-0.4, -0.2) is 28.6 Å². The van der Waals surface area contributed by atoms with E-state index in [1.54, 1.807) is 0 Å². The van der Waals surface area contributed by atoms with Gasteiger partial charge in [0.1, 0.15) is 0 Å². The van der Waals surface area contributed by atoms with Crippen LogP contribution in [0.3, 0.4) is 0 Å². The van der Waals surface area contributed by atoms with Gasteiger partial charge < -0.3 is 9.30 Å². The molecule has 0 saturated carbocycles. The largest absolute Gasteiger partial charge is 0.465 e. The zero-order valence-corrected chi connectivity index (χ0v) is 12.4. The van der Waals surface area contributed by atoms with Crippen LogP contribution in [0.5, 0.6) is 0 Å². The van der Waals surface area contributed by atoms with Crippen LogP contribution in [0.2, 0.25) is 0 Å². The predicted molar refractivity (Wildman–Crippen MR) is 78.6 cm³/mol. The maximum Gasteiger partial charge on any atom is 0.340 e. The lowest BCUT2D eigenvalue weighted by atomic mass is 10.1. The quantitative estimate of drug-likeness (QED) is 0.788. The summed E-state index contributed by atoms with van der Waals surface area (Å²) in [4.78, 5) is 14.3. The lowest BCUT2D eigenvalue weighted by Gasteiger charge is -2.18. The Morgan fingerprint density at radius 1 is 1.25 bits per heavy atom. The highest BCUT2D eigenvalue weighted by molar-refractivity contribution is 6.04. The third kappa shape index (κ3) is 1.91. The van der Waals surface area contributed by atoms with Gasteiger partial charge in [0.15, 0.2) is 0 Å². The van der Waals surface area contributed by atoms with Gasteiger partial charge in [-0.15, -0.1) is 0 Å². The lowest BCUT2D eigenvalue weighted by Crippen LogP contribution is -2.24. The number of hydrogen-bond acceptors (Lipinski definition) is 3. The SMILES string of the molecule is COC(=O)c1cn(C)c2cc3c(cc12)CN(C(C)C)C3. The van der Waals surface area contributed by atoms with Crippen molar-refractivity contribution in [1.82, 2.24) is 9.47 Å². The van der Waals surface area contributed by atoms with E-state index in [9.17, 15) is 4.79 Å². The van der Waals surface area contributed by atoms with Gasteiger partial charge in [-0.1, -0.05) is 0 Å². The van der Waals surface area contributed by atoms with Crippen molar-refractivity contribution in [2.24, 2.45) is 7.05 Å². The Labute approximate surface area is 118 Å². The van der Waals surface area contributed by atoms with Crippen LogP contribution in [0.15, 0.2) is 18.3 Å². The van der Waals surface area contributed by atoms with Gasteiger partial charge in [-0.3, -0.25) is 4.90 Å². The maximum absolute atomic E-state index is 11.9. The highest BCUT2D eigenvalue weighted by Gasteiger charge is 2.24. The van der Waals surface area contributed by atoms with Crippen molar-refractivity contribution in [3.63, 3.8) is 0 Å². The number of hydrogen-bond donors (Lipinski definition) is 0. The molecule has 1 aromatic carbocycles. The molecule has 20 heavy (non-hydrogen) atoms. The number of fused-ring (bicyclic) bond motifs is 2. The first-order chi connectivity index (χ1) is 9.51. The van der Waals surface area contributed by atoms with Crippen LogP contribution >= 0.6 is 0 Å². The number of methoxy groups -OCH3 is 1. The van der Waals surface area contributed by atoms with E-state index in [-0.39, 0.29) is 5.97 Å². The molecule has 2 aromatic rings. The van der Waals surface area contributed by atoms with E-state index in [0.29, 0.717) is 11.6 Å². The predicted octanol–water partition coefficient (Wildman–Crippen LogP) is 2.69. The molecule has 0 aliphatic carbocycles. The summed E-state index contributed by atoms with van der Waals surface area (Å²) in [6.07, 6.45) is 1.85. The Morgan fingerprint density at radius 2 is 1.90 bits per heavy atom. The molecule has 0 saturated heterocycles. The molecule has 0 atom stereocenters. The summed E-state index contributed by atoms with van der Waals surface area (Å²) >= 11 is 0.